The minimum Gasteiger partial charge on any atom is -0.486 e. The monoisotopic (exact) mass is 424 g/mol. The lowest BCUT2D eigenvalue weighted by Crippen LogP contribution is -2.53. The minimum atomic E-state index is -3.74. The topological polar surface area (TPSA) is 89.7 Å². The number of nitrogens with two attached hydrogens (primary N) is 1. The number of rotatable bonds is 2. The molecule has 6 nitrogen and oxygen atoms in total. The Morgan fingerprint density at radius 1 is 1.11 bits per heavy atom. The van der Waals surface area contributed by atoms with Gasteiger partial charge in [-0.3, -0.25) is 4.79 Å². The Hall–Kier alpha value is -2.00. The number of Topliss-reactive ketones (excluding diaryl/α,β-unsaturated/α-hetero) is 1. The number of piperidine rings is 1. The van der Waals surface area contributed by atoms with Gasteiger partial charge in [0.05, 0.1) is 17.0 Å². The van der Waals surface area contributed by atoms with Crippen LogP contribution in [0.4, 0.5) is 4.39 Å². The zero-order valence-electron chi connectivity index (χ0n) is 14.8. The van der Waals surface area contributed by atoms with Crippen molar-refractivity contribution in [3.05, 3.63) is 52.8 Å². The predicted octanol–water partition coefficient (Wildman–Crippen LogP) is 3.15. The van der Waals surface area contributed by atoms with Crippen LogP contribution in [-0.4, -0.2) is 37.2 Å². The van der Waals surface area contributed by atoms with E-state index in [0.29, 0.717) is 29.7 Å². The number of carbonyl (C=O) groups is 1. The average molecular weight is 425 g/mol. The van der Waals surface area contributed by atoms with E-state index in [1.165, 1.54) is 16.4 Å². The highest BCUT2D eigenvalue weighted by molar-refractivity contribution is 7.86. The number of nitrogens with zero attached hydrogens (tertiary/aromatic N) is 1. The van der Waals surface area contributed by atoms with Gasteiger partial charge in [-0.05, 0) is 35.4 Å². The number of carbonyl (C=O) groups excluding carboxylic acids is 1. The van der Waals surface area contributed by atoms with E-state index in [1.807, 2.05) is 0 Å². The summed E-state index contributed by atoms with van der Waals surface area (Å²) in [7, 11) is -3.74. The van der Waals surface area contributed by atoms with E-state index in [4.69, 9.17) is 21.5 Å². The molecule has 2 aliphatic heterocycles. The third kappa shape index (κ3) is 3.53. The van der Waals surface area contributed by atoms with Crippen molar-refractivity contribution in [2.45, 2.75) is 24.9 Å². The molecule has 0 bridgehead atoms. The fourth-order valence-electron chi connectivity index (χ4n) is 3.78. The number of benzene rings is 2. The van der Waals surface area contributed by atoms with Crippen LogP contribution in [0.1, 0.15) is 29.6 Å². The first-order valence-electron chi connectivity index (χ1n) is 8.76. The van der Waals surface area contributed by atoms with Crippen molar-refractivity contribution in [1.29, 1.82) is 0 Å². The van der Waals surface area contributed by atoms with Gasteiger partial charge >= 0.3 is 0 Å². The van der Waals surface area contributed by atoms with Crippen LogP contribution in [0.3, 0.4) is 0 Å². The summed E-state index contributed by atoms with van der Waals surface area (Å²) in [5.41, 5.74) is 1.17. The zero-order chi connectivity index (χ0) is 20.1. The van der Waals surface area contributed by atoms with E-state index in [0.717, 1.165) is 5.56 Å². The third-order valence-electron chi connectivity index (χ3n) is 5.34. The van der Waals surface area contributed by atoms with Gasteiger partial charge in [-0.1, -0.05) is 23.7 Å². The molecule has 0 aliphatic carbocycles. The second-order valence-corrected chi connectivity index (χ2v) is 9.12. The average Bonchev–Trinajstić information content (AvgIpc) is 2.63. The van der Waals surface area contributed by atoms with Gasteiger partial charge < -0.3 is 4.74 Å². The molecule has 2 heterocycles. The fourth-order valence-corrected chi connectivity index (χ4v) is 4.65. The summed E-state index contributed by atoms with van der Waals surface area (Å²) >= 11 is 5.85. The molecule has 9 heteroatoms. The van der Waals surface area contributed by atoms with E-state index in [9.17, 15) is 17.6 Å². The summed E-state index contributed by atoms with van der Waals surface area (Å²) < 4.78 is 43.8. The van der Waals surface area contributed by atoms with Crippen LogP contribution >= 0.6 is 11.6 Å². The van der Waals surface area contributed by atoms with Crippen LogP contribution < -0.4 is 9.88 Å². The molecule has 1 saturated heterocycles. The first kappa shape index (κ1) is 19.3. The Kier molecular flexibility index (Phi) is 4.70. The lowest BCUT2D eigenvalue weighted by Gasteiger charge is -2.43. The van der Waals surface area contributed by atoms with Gasteiger partial charge in [-0.2, -0.15) is 12.7 Å². The molecule has 2 aliphatic rings. The third-order valence-corrected chi connectivity index (χ3v) is 6.71. The number of hydrogen-bond donors (Lipinski definition) is 1. The van der Waals surface area contributed by atoms with Crippen molar-refractivity contribution >= 4 is 27.6 Å². The SMILES string of the molecule is NS(=O)(=O)N1CCC2(CC1)CC(=O)c1cc(-c3ccc(F)c(Cl)c3)ccc1O2. The highest BCUT2D eigenvalue weighted by Crippen LogP contribution is 2.41. The van der Waals surface area contributed by atoms with Crippen LogP contribution in [-0.2, 0) is 10.2 Å². The molecule has 0 atom stereocenters. The molecule has 0 saturated carbocycles. The van der Waals surface area contributed by atoms with Gasteiger partial charge in [0.2, 0.25) is 0 Å². The number of halogens is 2. The molecule has 0 amide bonds. The molecule has 0 unspecified atom stereocenters. The first-order valence-corrected chi connectivity index (χ1v) is 10.6. The van der Waals surface area contributed by atoms with Crippen LogP contribution in [0.25, 0.3) is 11.1 Å². The summed E-state index contributed by atoms with van der Waals surface area (Å²) in [5, 5.41) is 5.19. The Balaban J connectivity index is 1.60. The predicted molar refractivity (Wildman–Crippen MR) is 103 cm³/mol. The lowest BCUT2D eigenvalue weighted by atomic mass is 9.82. The van der Waals surface area contributed by atoms with Gasteiger partial charge in [-0.25, -0.2) is 9.53 Å². The van der Waals surface area contributed by atoms with Crippen molar-refractivity contribution in [2.24, 2.45) is 5.14 Å². The molecule has 0 aromatic heterocycles. The van der Waals surface area contributed by atoms with Crippen molar-refractivity contribution < 1.29 is 22.3 Å². The Morgan fingerprint density at radius 3 is 2.39 bits per heavy atom. The number of ether oxygens (including phenoxy) is 1. The molecule has 0 radical (unpaired) electrons. The largest absolute Gasteiger partial charge is 0.486 e. The lowest BCUT2D eigenvalue weighted by molar-refractivity contribution is 0.00594. The van der Waals surface area contributed by atoms with Crippen LogP contribution in [0.2, 0.25) is 5.02 Å². The van der Waals surface area contributed by atoms with Crippen molar-refractivity contribution in [3.8, 4) is 16.9 Å². The van der Waals surface area contributed by atoms with Crippen LogP contribution in [0.15, 0.2) is 36.4 Å². The van der Waals surface area contributed by atoms with E-state index in [1.54, 1.807) is 24.3 Å². The fraction of sp³-hybridized carbons (Fsp3) is 0.316. The van der Waals surface area contributed by atoms with E-state index >= 15 is 0 Å². The zero-order valence-corrected chi connectivity index (χ0v) is 16.4. The van der Waals surface area contributed by atoms with E-state index in [2.05, 4.69) is 0 Å². The van der Waals surface area contributed by atoms with E-state index < -0.39 is 21.6 Å². The molecular weight excluding hydrogens is 407 g/mol. The normalized spacial score (nSPS) is 19.3. The first-order chi connectivity index (χ1) is 13.2. The Labute approximate surface area is 167 Å². The van der Waals surface area contributed by atoms with Crippen LogP contribution in [0.5, 0.6) is 5.75 Å². The highest BCUT2D eigenvalue weighted by Gasteiger charge is 2.44. The highest BCUT2D eigenvalue weighted by atomic mass is 35.5. The van der Waals surface area contributed by atoms with E-state index in [-0.39, 0.29) is 30.3 Å². The number of fused-ring (bicyclic) bond motifs is 1. The minimum absolute atomic E-state index is 0.0124. The quantitative estimate of drug-likeness (QED) is 0.801. The molecule has 4 rings (SSSR count). The molecule has 1 fully saturated rings. The van der Waals surface area contributed by atoms with Gasteiger partial charge in [0.25, 0.3) is 10.2 Å². The summed E-state index contributed by atoms with van der Waals surface area (Å²) in [4.78, 5) is 12.8. The van der Waals surface area contributed by atoms with Gasteiger partial charge in [0.1, 0.15) is 17.2 Å². The summed E-state index contributed by atoms with van der Waals surface area (Å²) in [5.74, 6) is -0.104. The molecule has 1 spiro atoms. The maximum atomic E-state index is 13.4. The maximum absolute atomic E-state index is 13.4. The molecule has 2 aromatic carbocycles. The molecule has 148 valence electrons. The summed E-state index contributed by atoms with van der Waals surface area (Å²) in [6.45, 7) is 0.432. The number of hydrogen-bond acceptors (Lipinski definition) is 4. The standard InChI is InChI=1S/C19H18ClFN2O4S/c20-15-10-13(1-3-16(15)21)12-2-4-18-14(9-12)17(24)11-19(27-18)5-7-23(8-6-19)28(22,25)26/h1-4,9-10H,5-8,11H2,(H2,22,25,26). The van der Waals surface area contributed by atoms with Gasteiger partial charge in [0, 0.05) is 25.9 Å². The van der Waals surface area contributed by atoms with Gasteiger partial charge in [-0.15, -0.1) is 0 Å². The van der Waals surface area contributed by atoms with Gasteiger partial charge in [0.15, 0.2) is 5.78 Å². The maximum Gasteiger partial charge on any atom is 0.276 e. The Morgan fingerprint density at radius 2 is 1.75 bits per heavy atom. The summed E-state index contributed by atoms with van der Waals surface area (Å²) in [6, 6.07) is 9.61. The van der Waals surface area contributed by atoms with Crippen molar-refractivity contribution in [1.82, 2.24) is 4.31 Å². The molecule has 2 aromatic rings. The number of ketones is 1. The molecule has 28 heavy (non-hydrogen) atoms. The van der Waals surface area contributed by atoms with Crippen molar-refractivity contribution in [2.75, 3.05) is 13.1 Å². The second-order valence-electron chi connectivity index (χ2n) is 7.17. The second kappa shape index (κ2) is 6.81. The van der Waals surface area contributed by atoms with Crippen molar-refractivity contribution in [3.63, 3.8) is 0 Å². The smallest absolute Gasteiger partial charge is 0.276 e. The van der Waals surface area contributed by atoms with Crippen LogP contribution in [0, 0.1) is 5.82 Å². The Bertz CT molecular complexity index is 1070. The molecular formula is C19H18ClFN2O4S. The molecule has 2 N–H and O–H groups in total. The summed E-state index contributed by atoms with van der Waals surface area (Å²) in [6.07, 6.45) is 0.958.